The molecule has 3 rings (SSSR count). The van der Waals surface area contributed by atoms with Crippen LogP contribution in [0, 0.1) is 0 Å². The molecule has 1 aliphatic rings. The molecule has 0 saturated carbocycles. The lowest BCUT2D eigenvalue weighted by molar-refractivity contribution is 0.223. The van der Waals surface area contributed by atoms with Crippen LogP contribution in [0.4, 0.5) is 10.6 Å². The third kappa shape index (κ3) is 3.76. The molecule has 0 bridgehead atoms. The number of aromatic nitrogens is 1. The zero-order valence-corrected chi connectivity index (χ0v) is 14.0. The molecule has 6 nitrogen and oxygen atoms in total. The molecule has 2 amide bonds. The summed E-state index contributed by atoms with van der Waals surface area (Å²) in [5.41, 5.74) is 2.04. The molecule has 0 radical (unpaired) electrons. The summed E-state index contributed by atoms with van der Waals surface area (Å²) in [4.78, 5) is 18.4. The number of amides is 2. The lowest BCUT2D eigenvalue weighted by atomic mass is 10.0. The fraction of sp³-hybridized carbons (Fsp3) is 0.333. The zero-order valence-electron chi connectivity index (χ0n) is 14.0. The van der Waals surface area contributed by atoms with Crippen LogP contribution in [0.15, 0.2) is 42.6 Å². The number of para-hydroxylation sites is 1. The van der Waals surface area contributed by atoms with E-state index in [1.165, 1.54) is 0 Å². The predicted molar refractivity (Wildman–Crippen MR) is 93.2 cm³/mol. The van der Waals surface area contributed by atoms with Gasteiger partial charge in [0.05, 0.1) is 12.6 Å². The van der Waals surface area contributed by atoms with Crippen molar-refractivity contribution in [2.24, 2.45) is 0 Å². The third-order valence-electron chi connectivity index (χ3n) is 3.99. The summed E-state index contributed by atoms with van der Waals surface area (Å²) in [7, 11) is 3.88. The van der Waals surface area contributed by atoms with E-state index in [0.717, 1.165) is 29.1 Å². The Bertz CT molecular complexity index is 718. The van der Waals surface area contributed by atoms with Gasteiger partial charge in [0.2, 0.25) is 0 Å². The average molecular weight is 326 g/mol. The number of carbonyl (C=O) groups excluding carboxylic acids is 1. The van der Waals surface area contributed by atoms with E-state index in [4.69, 9.17) is 4.74 Å². The molecule has 1 atom stereocenters. The normalized spacial score (nSPS) is 15.8. The number of urea groups is 1. The topological polar surface area (TPSA) is 66.5 Å². The summed E-state index contributed by atoms with van der Waals surface area (Å²) < 4.78 is 5.62. The van der Waals surface area contributed by atoms with Crippen LogP contribution in [0.3, 0.4) is 0 Å². The minimum atomic E-state index is -0.181. The van der Waals surface area contributed by atoms with Gasteiger partial charge in [0.25, 0.3) is 0 Å². The molecule has 1 aromatic carbocycles. The first-order valence-corrected chi connectivity index (χ1v) is 8.02. The largest absolute Gasteiger partial charge is 0.493 e. The van der Waals surface area contributed by atoms with Crippen molar-refractivity contribution < 1.29 is 9.53 Å². The van der Waals surface area contributed by atoms with Crippen LogP contribution in [-0.4, -0.2) is 31.7 Å². The molecule has 0 spiro atoms. The summed E-state index contributed by atoms with van der Waals surface area (Å²) in [5.74, 6) is 1.71. The van der Waals surface area contributed by atoms with Crippen LogP contribution in [-0.2, 0) is 6.54 Å². The maximum atomic E-state index is 12.2. The first kappa shape index (κ1) is 16.1. The number of ether oxygens (including phenoxy) is 1. The van der Waals surface area contributed by atoms with Crippen molar-refractivity contribution >= 4 is 11.8 Å². The molecular weight excluding hydrogens is 304 g/mol. The Kier molecular flexibility index (Phi) is 4.84. The fourth-order valence-electron chi connectivity index (χ4n) is 2.70. The Morgan fingerprint density at radius 1 is 1.33 bits per heavy atom. The van der Waals surface area contributed by atoms with E-state index in [9.17, 15) is 4.79 Å². The second kappa shape index (κ2) is 7.21. The summed E-state index contributed by atoms with van der Waals surface area (Å²) in [6.07, 6.45) is 2.52. The van der Waals surface area contributed by atoms with Crippen molar-refractivity contribution in [3.8, 4) is 5.75 Å². The van der Waals surface area contributed by atoms with Gasteiger partial charge in [-0.2, -0.15) is 0 Å². The Balaban J connectivity index is 1.58. The number of fused-ring (bicyclic) bond motifs is 1. The predicted octanol–water partition coefficient (Wildman–Crippen LogP) is 2.47. The lowest BCUT2D eigenvalue weighted by Crippen LogP contribution is -2.39. The Morgan fingerprint density at radius 3 is 3.00 bits per heavy atom. The minimum Gasteiger partial charge on any atom is -0.493 e. The summed E-state index contributed by atoms with van der Waals surface area (Å²) in [6, 6.07) is 11.5. The van der Waals surface area contributed by atoms with Crippen LogP contribution in [0.5, 0.6) is 5.75 Å². The number of rotatable bonds is 4. The summed E-state index contributed by atoms with van der Waals surface area (Å²) >= 11 is 0. The number of nitrogens with zero attached hydrogens (tertiary/aromatic N) is 2. The maximum absolute atomic E-state index is 12.2. The highest BCUT2D eigenvalue weighted by Gasteiger charge is 2.22. The van der Waals surface area contributed by atoms with Gasteiger partial charge in [-0.05, 0) is 23.8 Å². The smallest absolute Gasteiger partial charge is 0.315 e. The Morgan fingerprint density at radius 2 is 2.17 bits per heavy atom. The molecule has 2 aromatic rings. The second-order valence-corrected chi connectivity index (χ2v) is 5.97. The second-order valence-electron chi connectivity index (χ2n) is 5.97. The van der Waals surface area contributed by atoms with Crippen LogP contribution in [0.1, 0.15) is 23.6 Å². The van der Waals surface area contributed by atoms with E-state index >= 15 is 0 Å². The molecule has 0 saturated heterocycles. The standard InChI is InChI=1S/C18H22N4O2/c1-22(2)17-11-13(7-9-19-17)12-20-18(23)21-15-8-10-24-16-6-4-3-5-14(15)16/h3-7,9,11,15H,8,10,12H2,1-2H3,(H2,20,21,23)/t15-/m0/s1. The molecular formula is C18H22N4O2. The van der Waals surface area contributed by atoms with Crippen molar-refractivity contribution in [1.29, 1.82) is 0 Å². The van der Waals surface area contributed by atoms with Gasteiger partial charge < -0.3 is 20.3 Å². The van der Waals surface area contributed by atoms with Crippen LogP contribution < -0.4 is 20.3 Å². The van der Waals surface area contributed by atoms with Crippen molar-refractivity contribution in [2.75, 3.05) is 25.6 Å². The number of pyridine rings is 1. The van der Waals surface area contributed by atoms with E-state index in [2.05, 4.69) is 15.6 Å². The van der Waals surface area contributed by atoms with Gasteiger partial charge in [-0.15, -0.1) is 0 Å². The highest BCUT2D eigenvalue weighted by Crippen LogP contribution is 2.31. The van der Waals surface area contributed by atoms with E-state index in [1.54, 1.807) is 6.20 Å². The Hall–Kier alpha value is -2.76. The maximum Gasteiger partial charge on any atom is 0.315 e. The van der Waals surface area contributed by atoms with Crippen LogP contribution in [0.2, 0.25) is 0 Å². The molecule has 6 heteroatoms. The van der Waals surface area contributed by atoms with Gasteiger partial charge in [-0.25, -0.2) is 9.78 Å². The molecule has 126 valence electrons. The van der Waals surface area contributed by atoms with Gasteiger partial charge >= 0.3 is 6.03 Å². The van der Waals surface area contributed by atoms with E-state index in [-0.39, 0.29) is 12.1 Å². The zero-order chi connectivity index (χ0) is 16.9. The van der Waals surface area contributed by atoms with E-state index < -0.39 is 0 Å². The number of hydrogen-bond donors (Lipinski definition) is 2. The van der Waals surface area contributed by atoms with Crippen molar-refractivity contribution in [2.45, 2.75) is 19.0 Å². The van der Waals surface area contributed by atoms with Gasteiger partial charge in [0.15, 0.2) is 0 Å². The number of hydrogen-bond acceptors (Lipinski definition) is 4. The van der Waals surface area contributed by atoms with E-state index in [1.807, 2.05) is 55.4 Å². The number of anilines is 1. The van der Waals surface area contributed by atoms with Gasteiger partial charge in [0, 0.05) is 38.8 Å². The van der Waals surface area contributed by atoms with Crippen molar-refractivity contribution in [3.63, 3.8) is 0 Å². The number of carbonyl (C=O) groups is 1. The molecule has 0 aliphatic carbocycles. The monoisotopic (exact) mass is 326 g/mol. The van der Waals surface area contributed by atoms with Gasteiger partial charge in [0.1, 0.15) is 11.6 Å². The molecule has 1 aromatic heterocycles. The lowest BCUT2D eigenvalue weighted by Gasteiger charge is -2.26. The van der Waals surface area contributed by atoms with Crippen LogP contribution >= 0.6 is 0 Å². The quantitative estimate of drug-likeness (QED) is 0.906. The minimum absolute atomic E-state index is 0.0234. The average Bonchev–Trinajstić information content (AvgIpc) is 2.60. The first-order valence-electron chi connectivity index (χ1n) is 8.02. The highest BCUT2D eigenvalue weighted by molar-refractivity contribution is 5.74. The summed E-state index contributed by atoms with van der Waals surface area (Å²) in [6.45, 7) is 1.07. The van der Waals surface area contributed by atoms with Crippen molar-refractivity contribution in [3.05, 3.63) is 53.7 Å². The SMILES string of the molecule is CN(C)c1cc(CNC(=O)N[C@H]2CCOc3ccccc32)ccn1. The number of nitrogens with one attached hydrogen (secondary N) is 2. The van der Waals surface area contributed by atoms with Crippen molar-refractivity contribution in [1.82, 2.24) is 15.6 Å². The first-order chi connectivity index (χ1) is 11.6. The molecule has 0 unspecified atom stereocenters. The van der Waals surface area contributed by atoms with E-state index in [0.29, 0.717) is 13.2 Å². The molecule has 1 aliphatic heterocycles. The third-order valence-corrected chi connectivity index (χ3v) is 3.99. The molecule has 2 N–H and O–H groups in total. The highest BCUT2D eigenvalue weighted by atomic mass is 16.5. The van der Waals surface area contributed by atoms with Gasteiger partial charge in [-0.3, -0.25) is 0 Å². The number of benzene rings is 1. The molecule has 24 heavy (non-hydrogen) atoms. The fourth-order valence-corrected chi connectivity index (χ4v) is 2.70. The van der Waals surface area contributed by atoms with Crippen LogP contribution in [0.25, 0.3) is 0 Å². The summed E-state index contributed by atoms with van der Waals surface area (Å²) in [5, 5.41) is 5.93. The molecule has 2 heterocycles. The Labute approximate surface area is 141 Å². The van der Waals surface area contributed by atoms with Gasteiger partial charge in [-0.1, -0.05) is 18.2 Å². The molecule has 0 fully saturated rings.